The molecule has 0 fully saturated rings. The molecule has 246 valence electrons. The average Bonchev–Trinajstić information content (AvgIpc) is 3.20. The zero-order valence-electron chi connectivity index (χ0n) is 28.1. The van der Waals surface area contributed by atoms with E-state index in [-0.39, 0.29) is 0 Å². The molecule has 0 saturated carbocycles. The lowest BCUT2D eigenvalue weighted by molar-refractivity contribution is 0.111. The van der Waals surface area contributed by atoms with Gasteiger partial charge in [-0.2, -0.15) is 0 Å². The van der Waals surface area contributed by atoms with Crippen LogP contribution in [0.2, 0.25) is 0 Å². The highest BCUT2D eigenvalue weighted by Crippen LogP contribution is 2.17. The zero-order chi connectivity index (χ0) is 35.3. The highest BCUT2D eigenvalue weighted by Gasteiger charge is 1.97. The summed E-state index contributed by atoms with van der Waals surface area (Å²) < 4.78 is 0. The number of aromatic nitrogens is 3. The number of rotatable bonds is 6. The summed E-state index contributed by atoms with van der Waals surface area (Å²) in [7, 11) is 0. The molecule has 0 aliphatic carbocycles. The maximum atomic E-state index is 10.1. The van der Waals surface area contributed by atoms with Gasteiger partial charge in [-0.05, 0) is 66.6 Å². The highest BCUT2D eigenvalue weighted by atomic mass is 16.1. The van der Waals surface area contributed by atoms with Gasteiger partial charge in [0.05, 0.1) is 27.9 Å². The van der Waals surface area contributed by atoms with Gasteiger partial charge in [-0.1, -0.05) is 133 Å². The third-order valence-electron chi connectivity index (χ3n) is 8.02. The molecular weight excluding hydrogens is 627 g/mol. The Hall–Kier alpha value is -6.85. The number of carbonyl (C=O) groups excluding carboxylic acids is 2. The van der Waals surface area contributed by atoms with Gasteiger partial charge in [-0.3, -0.25) is 14.6 Å². The molecule has 5 heteroatoms. The Morgan fingerprint density at radius 2 is 0.706 bits per heavy atom. The molecule has 0 saturated heterocycles. The molecule has 0 unspecified atom stereocenters. The highest BCUT2D eigenvalue weighted by molar-refractivity contribution is 5.83. The fourth-order valence-corrected chi connectivity index (χ4v) is 5.25. The van der Waals surface area contributed by atoms with Gasteiger partial charge in [0.2, 0.25) is 0 Å². The second-order valence-electron chi connectivity index (χ2n) is 11.7. The van der Waals surface area contributed by atoms with Gasteiger partial charge in [-0.25, -0.2) is 9.97 Å². The van der Waals surface area contributed by atoms with E-state index >= 15 is 0 Å². The molecule has 0 bridgehead atoms. The standard InChI is InChI=1S/C28H20N2.C10H9N.C8H6O2/c1-3-7-27-23(5-1)15-19-25(29-27)17-13-21-9-11-22(12-10-21)14-18-26-20-16-24-6-2-4-8-28(24)30-26;1-8-6-7-9-4-2-3-5-10(9)11-8;9-5-7-1-2-8(6-10)4-3-7/h1-20H;2-7H,1H3;1-6H/b17-13+,18-14+;;. The Morgan fingerprint density at radius 3 is 1.12 bits per heavy atom. The fourth-order valence-electron chi connectivity index (χ4n) is 5.25. The third kappa shape index (κ3) is 9.62. The summed E-state index contributed by atoms with van der Waals surface area (Å²) >= 11 is 0. The number of carbonyl (C=O) groups is 2. The number of para-hydroxylation sites is 3. The lowest BCUT2D eigenvalue weighted by atomic mass is 10.1. The van der Waals surface area contributed by atoms with Crippen molar-refractivity contribution in [3.8, 4) is 0 Å². The molecule has 0 aliphatic heterocycles. The third-order valence-corrected chi connectivity index (χ3v) is 8.02. The van der Waals surface area contributed by atoms with Crippen molar-refractivity contribution in [1.82, 2.24) is 15.0 Å². The number of pyridine rings is 3. The summed E-state index contributed by atoms with van der Waals surface area (Å²) in [6.45, 7) is 2.01. The van der Waals surface area contributed by atoms with Crippen LogP contribution < -0.4 is 0 Å². The number of benzene rings is 5. The molecule has 8 rings (SSSR count). The lowest BCUT2D eigenvalue weighted by Gasteiger charge is -2.00. The van der Waals surface area contributed by atoms with E-state index in [1.807, 2.05) is 79.7 Å². The minimum absolute atomic E-state index is 0.589. The van der Waals surface area contributed by atoms with E-state index in [0.717, 1.165) is 68.1 Å². The molecule has 3 heterocycles. The Kier molecular flexibility index (Phi) is 11.3. The minimum atomic E-state index is 0.589. The van der Waals surface area contributed by atoms with Crippen LogP contribution in [0.3, 0.4) is 0 Å². The van der Waals surface area contributed by atoms with Crippen molar-refractivity contribution >= 4 is 69.6 Å². The minimum Gasteiger partial charge on any atom is -0.298 e. The Labute approximate surface area is 297 Å². The van der Waals surface area contributed by atoms with Crippen molar-refractivity contribution in [1.29, 1.82) is 0 Å². The second-order valence-corrected chi connectivity index (χ2v) is 11.7. The van der Waals surface area contributed by atoms with Crippen LogP contribution in [0, 0.1) is 6.92 Å². The SMILES string of the molecule is C(=C\c1ccc2ccccc2n1)/c1ccc(/C=C/c2ccc3ccccc3n2)cc1.Cc1ccc2ccccc2n1.O=Cc1ccc(C=O)cc1. The monoisotopic (exact) mass is 661 g/mol. The van der Waals surface area contributed by atoms with E-state index in [9.17, 15) is 9.59 Å². The molecule has 0 radical (unpaired) electrons. The number of aryl methyl sites for hydroxylation is 1. The van der Waals surface area contributed by atoms with Crippen LogP contribution in [-0.2, 0) is 0 Å². The van der Waals surface area contributed by atoms with Crippen molar-refractivity contribution in [3.63, 3.8) is 0 Å². The second kappa shape index (κ2) is 17.0. The molecule has 0 aliphatic rings. The number of hydrogen-bond donors (Lipinski definition) is 0. The van der Waals surface area contributed by atoms with Crippen LogP contribution in [0.25, 0.3) is 57.0 Å². The summed E-state index contributed by atoms with van der Waals surface area (Å²) in [5, 5.41) is 3.52. The zero-order valence-corrected chi connectivity index (χ0v) is 28.1. The van der Waals surface area contributed by atoms with E-state index in [2.05, 4.69) is 99.9 Å². The normalized spacial score (nSPS) is 10.8. The topological polar surface area (TPSA) is 72.8 Å². The number of aldehydes is 2. The van der Waals surface area contributed by atoms with Gasteiger partial charge in [-0.15, -0.1) is 0 Å². The van der Waals surface area contributed by atoms with Crippen molar-refractivity contribution in [3.05, 3.63) is 197 Å². The molecule has 3 aromatic heterocycles. The number of nitrogens with zero attached hydrogens (tertiary/aromatic N) is 3. The van der Waals surface area contributed by atoms with Gasteiger partial charge in [0.1, 0.15) is 12.6 Å². The molecule has 0 spiro atoms. The van der Waals surface area contributed by atoms with Gasteiger partial charge in [0, 0.05) is 33.0 Å². The maximum absolute atomic E-state index is 10.1. The molecule has 5 aromatic carbocycles. The van der Waals surface area contributed by atoms with E-state index < -0.39 is 0 Å². The van der Waals surface area contributed by atoms with Crippen LogP contribution in [0.1, 0.15) is 48.9 Å². The molecule has 0 N–H and O–H groups in total. The Morgan fingerprint density at radius 1 is 0.353 bits per heavy atom. The average molecular weight is 662 g/mol. The van der Waals surface area contributed by atoms with E-state index in [4.69, 9.17) is 0 Å². The molecule has 0 atom stereocenters. The van der Waals surface area contributed by atoms with Crippen molar-refractivity contribution in [2.45, 2.75) is 6.92 Å². The molecule has 0 amide bonds. The first-order valence-electron chi connectivity index (χ1n) is 16.6. The van der Waals surface area contributed by atoms with E-state index in [1.54, 1.807) is 24.3 Å². The molecule has 8 aromatic rings. The first-order chi connectivity index (χ1) is 25.1. The molecular formula is C46H35N3O2. The largest absolute Gasteiger partial charge is 0.298 e. The predicted octanol–water partition coefficient (Wildman–Crippen LogP) is 11.0. The summed E-state index contributed by atoms with van der Waals surface area (Å²) in [5.41, 5.74) is 9.56. The predicted molar refractivity (Wildman–Crippen MR) is 211 cm³/mol. The van der Waals surface area contributed by atoms with Crippen LogP contribution in [0.4, 0.5) is 0 Å². The quantitative estimate of drug-likeness (QED) is 0.166. The van der Waals surface area contributed by atoms with Gasteiger partial charge in [0.15, 0.2) is 0 Å². The fraction of sp³-hybridized carbons (Fsp3) is 0.0217. The van der Waals surface area contributed by atoms with Crippen LogP contribution in [0.15, 0.2) is 158 Å². The summed E-state index contributed by atoms with van der Waals surface area (Å²) in [6.07, 6.45) is 9.78. The van der Waals surface area contributed by atoms with Crippen molar-refractivity contribution < 1.29 is 9.59 Å². The summed E-state index contributed by atoms with van der Waals surface area (Å²) in [6, 6.07) is 51.8. The Bertz CT molecular complexity index is 2330. The van der Waals surface area contributed by atoms with Crippen molar-refractivity contribution in [2.24, 2.45) is 0 Å². The van der Waals surface area contributed by atoms with Gasteiger partial charge in [0.25, 0.3) is 0 Å². The summed E-state index contributed by atoms with van der Waals surface area (Å²) in [5.74, 6) is 0. The van der Waals surface area contributed by atoms with Crippen LogP contribution in [-0.4, -0.2) is 27.5 Å². The molecule has 5 nitrogen and oxygen atoms in total. The number of fused-ring (bicyclic) bond motifs is 3. The van der Waals surface area contributed by atoms with Gasteiger partial charge >= 0.3 is 0 Å². The smallest absolute Gasteiger partial charge is 0.150 e. The first kappa shape index (κ1) is 34.0. The van der Waals surface area contributed by atoms with Crippen LogP contribution in [0.5, 0.6) is 0 Å². The summed E-state index contributed by atoms with van der Waals surface area (Å²) in [4.78, 5) is 34.0. The van der Waals surface area contributed by atoms with Gasteiger partial charge < -0.3 is 0 Å². The number of hydrogen-bond acceptors (Lipinski definition) is 5. The Balaban J connectivity index is 0.000000173. The first-order valence-corrected chi connectivity index (χ1v) is 16.6. The van der Waals surface area contributed by atoms with Crippen LogP contribution >= 0.6 is 0 Å². The van der Waals surface area contributed by atoms with E-state index in [0.29, 0.717) is 11.1 Å². The lowest BCUT2D eigenvalue weighted by Crippen LogP contribution is -1.83. The van der Waals surface area contributed by atoms with Crippen molar-refractivity contribution in [2.75, 3.05) is 0 Å². The maximum Gasteiger partial charge on any atom is 0.150 e. The van der Waals surface area contributed by atoms with E-state index in [1.165, 1.54) is 5.39 Å². The molecule has 51 heavy (non-hydrogen) atoms.